The van der Waals surface area contributed by atoms with E-state index < -0.39 is 0 Å². The molecule has 0 aliphatic heterocycles. The number of rotatable bonds is 7. The Morgan fingerprint density at radius 2 is 0.800 bits per heavy atom. The maximum atomic E-state index is 2.39. The van der Waals surface area contributed by atoms with Gasteiger partial charge < -0.3 is 9.47 Å². The fourth-order valence-corrected chi connectivity index (χ4v) is 7.20. The van der Waals surface area contributed by atoms with Crippen LogP contribution in [0.2, 0.25) is 0 Å². The van der Waals surface area contributed by atoms with Gasteiger partial charge in [-0.3, -0.25) is 0 Å². The minimum atomic E-state index is 1.11. The molecular weight excluding hydrogens is 605 g/mol. The Balaban J connectivity index is 1.16. The third-order valence-corrected chi connectivity index (χ3v) is 9.61. The fraction of sp³-hybridized carbons (Fsp3) is 0. The molecule has 9 aromatic rings. The summed E-state index contributed by atoms with van der Waals surface area (Å²) in [5.74, 6) is 0. The minimum Gasteiger partial charge on any atom is -0.310 e. The Hall–Kier alpha value is -6.64. The third-order valence-electron chi connectivity index (χ3n) is 9.61. The first kappa shape index (κ1) is 29.5. The van der Waals surface area contributed by atoms with Crippen LogP contribution in [-0.2, 0) is 0 Å². The number of anilines is 3. The second kappa shape index (κ2) is 12.8. The van der Waals surface area contributed by atoms with Crippen molar-refractivity contribution in [3.8, 4) is 39.1 Å². The molecule has 0 atom stereocenters. The number of hydrogen-bond acceptors (Lipinski definition) is 1. The molecule has 9 rings (SSSR count). The highest BCUT2D eigenvalue weighted by Gasteiger charge is 2.19. The SMILES string of the molecule is c1ccc(-c2ccc(N(c3ccccc3)c3ccccc3-c3ccc4c(c3)c3ccccc3n4-c3ccc(-c4ccccc4)cc3)cc2)cc1. The van der Waals surface area contributed by atoms with E-state index in [0.717, 1.165) is 22.7 Å². The van der Waals surface area contributed by atoms with E-state index in [9.17, 15) is 0 Å². The average Bonchev–Trinajstić information content (AvgIpc) is 3.53. The van der Waals surface area contributed by atoms with E-state index >= 15 is 0 Å². The minimum absolute atomic E-state index is 1.11. The Labute approximate surface area is 292 Å². The molecule has 0 fully saturated rings. The summed E-state index contributed by atoms with van der Waals surface area (Å²) in [4.78, 5) is 2.37. The van der Waals surface area contributed by atoms with Crippen LogP contribution in [0.3, 0.4) is 0 Å². The summed E-state index contributed by atoms with van der Waals surface area (Å²) in [7, 11) is 0. The topological polar surface area (TPSA) is 8.17 Å². The highest BCUT2D eigenvalue weighted by atomic mass is 15.1. The van der Waals surface area contributed by atoms with Crippen LogP contribution < -0.4 is 4.90 Å². The molecule has 0 unspecified atom stereocenters. The molecule has 0 aliphatic carbocycles. The van der Waals surface area contributed by atoms with Gasteiger partial charge >= 0.3 is 0 Å². The van der Waals surface area contributed by atoms with Gasteiger partial charge in [0.05, 0.1) is 16.7 Å². The van der Waals surface area contributed by atoms with Crippen LogP contribution in [0.25, 0.3) is 60.9 Å². The Bertz CT molecular complexity index is 2550. The van der Waals surface area contributed by atoms with E-state index in [1.54, 1.807) is 0 Å². The summed E-state index contributed by atoms with van der Waals surface area (Å²) < 4.78 is 2.39. The van der Waals surface area contributed by atoms with Gasteiger partial charge in [-0.05, 0) is 88.5 Å². The molecule has 0 bridgehead atoms. The average molecular weight is 639 g/mol. The first-order valence-electron chi connectivity index (χ1n) is 17.1. The van der Waals surface area contributed by atoms with Crippen LogP contribution in [0.5, 0.6) is 0 Å². The van der Waals surface area contributed by atoms with Gasteiger partial charge in [0.2, 0.25) is 0 Å². The first-order valence-corrected chi connectivity index (χ1v) is 17.1. The van der Waals surface area contributed by atoms with Crippen molar-refractivity contribution >= 4 is 38.9 Å². The second-order valence-corrected chi connectivity index (χ2v) is 12.6. The van der Waals surface area contributed by atoms with Gasteiger partial charge in [0.1, 0.15) is 0 Å². The lowest BCUT2D eigenvalue weighted by atomic mass is 9.99. The van der Waals surface area contributed by atoms with Crippen LogP contribution >= 0.6 is 0 Å². The van der Waals surface area contributed by atoms with E-state index in [2.05, 4.69) is 216 Å². The van der Waals surface area contributed by atoms with Crippen LogP contribution in [0, 0.1) is 0 Å². The number of hydrogen-bond donors (Lipinski definition) is 0. The molecule has 50 heavy (non-hydrogen) atoms. The molecule has 0 N–H and O–H groups in total. The predicted octanol–water partition coefficient (Wildman–Crippen LogP) is 13.3. The van der Waals surface area contributed by atoms with E-state index in [4.69, 9.17) is 0 Å². The van der Waals surface area contributed by atoms with E-state index in [1.165, 1.54) is 55.2 Å². The van der Waals surface area contributed by atoms with Gasteiger partial charge in [0, 0.05) is 33.4 Å². The summed E-state index contributed by atoms with van der Waals surface area (Å²) in [6.07, 6.45) is 0. The summed E-state index contributed by atoms with van der Waals surface area (Å²) in [6, 6.07) is 74.0. The molecule has 1 heterocycles. The molecule has 2 heteroatoms. The zero-order valence-electron chi connectivity index (χ0n) is 27.5. The van der Waals surface area contributed by atoms with Crippen molar-refractivity contribution in [2.24, 2.45) is 0 Å². The van der Waals surface area contributed by atoms with Gasteiger partial charge in [-0.15, -0.1) is 0 Å². The number of fused-ring (bicyclic) bond motifs is 3. The molecule has 236 valence electrons. The zero-order valence-corrected chi connectivity index (χ0v) is 27.5. The van der Waals surface area contributed by atoms with Crippen LogP contribution in [0.1, 0.15) is 0 Å². The van der Waals surface area contributed by atoms with E-state index in [1.807, 2.05) is 0 Å². The van der Waals surface area contributed by atoms with E-state index in [0.29, 0.717) is 0 Å². The van der Waals surface area contributed by atoms with Crippen molar-refractivity contribution in [1.82, 2.24) is 4.57 Å². The van der Waals surface area contributed by atoms with Crippen molar-refractivity contribution < 1.29 is 0 Å². The molecule has 8 aromatic carbocycles. The number of benzene rings is 8. The van der Waals surface area contributed by atoms with Crippen molar-refractivity contribution in [3.63, 3.8) is 0 Å². The molecular formula is C48H34N2. The maximum absolute atomic E-state index is 2.39. The molecule has 1 aromatic heterocycles. The molecule has 2 nitrogen and oxygen atoms in total. The van der Waals surface area contributed by atoms with Crippen molar-refractivity contribution in [3.05, 3.63) is 206 Å². The Kier molecular flexibility index (Phi) is 7.53. The lowest BCUT2D eigenvalue weighted by Gasteiger charge is -2.28. The molecule has 0 saturated carbocycles. The standard InChI is InChI=1S/C48H34N2/c1-4-14-35(15-5-1)37-24-29-41(30-25-37)49(40-18-8-3-9-19-40)46-22-12-10-20-43(46)39-28-33-48-45(34-39)44-21-11-13-23-47(44)50(48)42-31-26-38(27-32-42)36-16-6-2-7-17-36/h1-34H. The maximum Gasteiger partial charge on any atom is 0.0541 e. The number of para-hydroxylation sites is 3. The quantitative estimate of drug-likeness (QED) is 0.169. The monoisotopic (exact) mass is 638 g/mol. The van der Waals surface area contributed by atoms with Gasteiger partial charge in [-0.25, -0.2) is 0 Å². The number of aromatic nitrogens is 1. The summed E-state index contributed by atoms with van der Waals surface area (Å²) in [5.41, 5.74) is 14.1. The van der Waals surface area contributed by atoms with E-state index in [-0.39, 0.29) is 0 Å². The van der Waals surface area contributed by atoms with Gasteiger partial charge in [0.15, 0.2) is 0 Å². The van der Waals surface area contributed by atoms with Crippen LogP contribution in [0.15, 0.2) is 206 Å². The van der Waals surface area contributed by atoms with Gasteiger partial charge in [-0.1, -0.05) is 146 Å². The fourth-order valence-electron chi connectivity index (χ4n) is 7.20. The predicted molar refractivity (Wildman–Crippen MR) is 212 cm³/mol. The molecule has 0 radical (unpaired) electrons. The number of nitrogens with zero attached hydrogens (tertiary/aromatic N) is 2. The molecule has 0 spiro atoms. The largest absolute Gasteiger partial charge is 0.310 e. The second-order valence-electron chi connectivity index (χ2n) is 12.6. The Morgan fingerprint density at radius 3 is 1.48 bits per heavy atom. The molecule has 0 amide bonds. The van der Waals surface area contributed by atoms with Crippen molar-refractivity contribution in [2.45, 2.75) is 0 Å². The summed E-state index contributed by atoms with van der Waals surface area (Å²) in [5, 5.41) is 2.48. The van der Waals surface area contributed by atoms with Gasteiger partial charge in [0.25, 0.3) is 0 Å². The lowest BCUT2D eigenvalue weighted by Crippen LogP contribution is -2.11. The molecule has 0 saturated heterocycles. The van der Waals surface area contributed by atoms with Crippen molar-refractivity contribution in [2.75, 3.05) is 4.90 Å². The van der Waals surface area contributed by atoms with Crippen LogP contribution in [-0.4, -0.2) is 4.57 Å². The van der Waals surface area contributed by atoms with Crippen molar-refractivity contribution in [1.29, 1.82) is 0 Å². The highest BCUT2D eigenvalue weighted by Crippen LogP contribution is 2.43. The first-order chi connectivity index (χ1) is 24.8. The Morgan fingerprint density at radius 1 is 0.320 bits per heavy atom. The molecule has 0 aliphatic rings. The van der Waals surface area contributed by atoms with Crippen LogP contribution in [0.4, 0.5) is 17.1 Å². The summed E-state index contributed by atoms with van der Waals surface area (Å²) in [6.45, 7) is 0. The summed E-state index contributed by atoms with van der Waals surface area (Å²) >= 11 is 0. The zero-order chi connectivity index (χ0) is 33.3. The lowest BCUT2D eigenvalue weighted by molar-refractivity contribution is 1.18. The normalized spacial score (nSPS) is 11.2. The highest BCUT2D eigenvalue weighted by molar-refractivity contribution is 6.11. The smallest absolute Gasteiger partial charge is 0.0541 e. The third kappa shape index (κ3) is 5.34. The van der Waals surface area contributed by atoms with Gasteiger partial charge in [-0.2, -0.15) is 0 Å².